The molecule has 33 heavy (non-hydrogen) atoms. The Morgan fingerprint density at radius 1 is 0.939 bits per heavy atom. The van der Waals surface area contributed by atoms with Crippen LogP contribution in [-0.4, -0.2) is 17.6 Å². The van der Waals surface area contributed by atoms with E-state index in [1.54, 1.807) is 6.07 Å². The Balaban J connectivity index is 1.25. The number of halogens is 3. The highest BCUT2D eigenvalue weighted by Crippen LogP contribution is 2.65. The molecule has 7 rings (SSSR count). The molecular formula is C26H18Cl2FNO3. The summed E-state index contributed by atoms with van der Waals surface area (Å²) in [6, 6.07) is 8.76. The zero-order valence-electron chi connectivity index (χ0n) is 17.3. The summed E-state index contributed by atoms with van der Waals surface area (Å²) < 4.78 is 15.1. The van der Waals surface area contributed by atoms with E-state index < -0.39 is 5.82 Å². The Kier molecular flexibility index (Phi) is 4.65. The Bertz CT molecular complexity index is 1250. The summed E-state index contributed by atoms with van der Waals surface area (Å²) in [5.41, 5.74) is 0.716. The van der Waals surface area contributed by atoms with Crippen molar-refractivity contribution in [2.45, 2.75) is 6.42 Å². The molecule has 2 saturated carbocycles. The van der Waals surface area contributed by atoms with Crippen LogP contribution in [0.2, 0.25) is 10.0 Å². The molecule has 1 saturated heterocycles. The van der Waals surface area contributed by atoms with Gasteiger partial charge in [0.15, 0.2) is 5.78 Å². The summed E-state index contributed by atoms with van der Waals surface area (Å²) in [4.78, 5) is 39.8. The maximum atomic E-state index is 15.1. The number of amides is 2. The van der Waals surface area contributed by atoms with Gasteiger partial charge in [-0.25, -0.2) is 9.29 Å². The molecule has 2 aromatic rings. The average molecular weight is 482 g/mol. The third-order valence-corrected chi connectivity index (χ3v) is 7.89. The highest BCUT2D eigenvalue weighted by atomic mass is 35.5. The van der Waals surface area contributed by atoms with Gasteiger partial charge in [0.25, 0.3) is 0 Å². The number of imide groups is 1. The van der Waals surface area contributed by atoms with E-state index in [1.807, 2.05) is 0 Å². The maximum absolute atomic E-state index is 15.1. The first-order valence-electron chi connectivity index (χ1n) is 10.9. The van der Waals surface area contributed by atoms with Gasteiger partial charge in [0.05, 0.1) is 17.5 Å². The SMILES string of the molecule is O=C(/C=C/c1ccc(N2C(=O)C3C4C=CC(C5CC45)[C@H]3C2=O)c(F)c1)c1cc(Cl)cc(Cl)c1. The number of carbonyl (C=O) groups is 3. The first-order chi connectivity index (χ1) is 15.8. The standard InChI is InChI=1S/C26H18Cl2FNO3/c27-14-8-13(9-15(28)10-14)22(31)6-2-12-1-5-21(20(29)7-12)30-25(32)23-16-3-4-17(19-11-18(16)19)24(23)26(30)33/h1-10,16-19,23-24H,11H2/b6-2+/t16?,17?,18?,19?,23-,24?/m1/s1. The molecule has 5 unspecified atom stereocenters. The molecule has 2 amide bonds. The smallest absolute Gasteiger partial charge is 0.238 e. The van der Waals surface area contributed by atoms with Crippen LogP contribution in [0.15, 0.2) is 54.6 Å². The first-order valence-corrected chi connectivity index (χ1v) is 11.6. The van der Waals surface area contributed by atoms with Crippen molar-refractivity contribution in [3.8, 4) is 0 Å². The maximum Gasteiger partial charge on any atom is 0.238 e. The lowest BCUT2D eigenvalue weighted by molar-refractivity contribution is -0.124. The molecule has 0 N–H and O–H groups in total. The third-order valence-electron chi connectivity index (χ3n) is 7.45. The summed E-state index contributed by atoms with van der Waals surface area (Å²) in [6.07, 6.45) is 8.01. The van der Waals surface area contributed by atoms with Crippen LogP contribution in [0.4, 0.5) is 10.1 Å². The van der Waals surface area contributed by atoms with E-state index in [9.17, 15) is 14.4 Å². The Hall–Kier alpha value is -2.76. The van der Waals surface area contributed by atoms with Crippen LogP contribution >= 0.6 is 23.2 Å². The summed E-state index contributed by atoms with van der Waals surface area (Å²) in [5.74, 6) is -1.22. The van der Waals surface area contributed by atoms with Gasteiger partial charge in [-0.2, -0.15) is 0 Å². The number of hydrogen-bond acceptors (Lipinski definition) is 3. The third kappa shape index (κ3) is 3.21. The second-order valence-electron chi connectivity index (χ2n) is 9.23. The van der Waals surface area contributed by atoms with Gasteiger partial charge in [0.1, 0.15) is 5.82 Å². The minimum Gasteiger partial charge on any atom is -0.289 e. The molecule has 2 aromatic carbocycles. The lowest BCUT2D eigenvalue weighted by atomic mass is 9.63. The number of anilines is 1. The van der Waals surface area contributed by atoms with Crippen molar-refractivity contribution in [1.29, 1.82) is 0 Å². The van der Waals surface area contributed by atoms with Gasteiger partial charge in [-0.15, -0.1) is 0 Å². The summed E-state index contributed by atoms with van der Waals surface area (Å²) in [6.45, 7) is 0. The molecule has 166 valence electrons. The topological polar surface area (TPSA) is 54.5 Å². The fourth-order valence-electron chi connectivity index (χ4n) is 5.97. The molecular weight excluding hydrogens is 464 g/mol. The normalized spacial score (nSPS) is 31.3. The van der Waals surface area contributed by atoms with E-state index >= 15 is 4.39 Å². The minimum atomic E-state index is -0.679. The van der Waals surface area contributed by atoms with Gasteiger partial charge in [-0.05, 0) is 72.1 Å². The van der Waals surface area contributed by atoms with Gasteiger partial charge >= 0.3 is 0 Å². The molecule has 5 aliphatic rings. The Morgan fingerprint density at radius 2 is 1.55 bits per heavy atom. The molecule has 0 spiro atoms. The Labute approximate surface area is 199 Å². The molecule has 1 heterocycles. The molecule has 2 bridgehead atoms. The van der Waals surface area contributed by atoms with Crippen LogP contribution < -0.4 is 4.90 Å². The lowest BCUT2D eigenvalue weighted by Crippen LogP contribution is -2.40. The number of carbonyl (C=O) groups excluding carboxylic acids is 3. The predicted molar refractivity (Wildman–Crippen MR) is 123 cm³/mol. The highest BCUT2D eigenvalue weighted by molar-refractivity contribution is 6.35. The van der Waals surface area contributed by atoms with Gasteiger partial charge in [-0.1, -0.05) is 47.5 Å². The van der Waals surface area contributed by atoms with Gasteiger partial charge in [-0.3, -0.25) is 14.4 Å². The molecule has 0 radical (unpaired) electrons. The van der Waals surface area contributed by atoms with E-state index in [0.717, 1.165) is 11.3 Å². The van der Waals surface area contributed by atoms with Crippen molar-refractivity contribution >= 4 is 52.6 Å². The molecule has 3 fully saturated rings. The zero-order chi connectivity index (χ0) is 23.0. The largest absolute Gasteiger partial charge is 0.289 e. The van der Waals surface area contributed by atoms with Crippen molar-refractivity contribution in [3.63, 3.8) is 0 Å². The number of ketones is 1. The molecule has 4 nitrogen and oxygen atoms in total. The molecule has 7 heteroatoms. The second-order valence-corrected chi connectivity index (χ2v) is 10.1. The number of allylic oxidation sites excluding steroid dienone is 3. The van der Waals surface area contributed by atoms with E-state index in [-0.39, 0.29) is 47.0 Å². The molecule has 1 aliphatic heterocycles. The quantitative estimate of drug-likeness (QED) is 0.247. The van der Waals surface area contributed by atoms with Crippen LogP contribution in [-0.2, 0) is 9.59 Å². The molecule has 6 atom stereocenters. The van der Waals surface area contributed by atoms with Crippen molar-refractivity contribution in [2.24, 2.45) is 35.5 Å². The van der Waals surface area contributed by atoms with E-state index in [0.29, 0.717) is 33.0 Å². The minimum absolute atomic E-state index is 0.0300. The van der Waals surface area contributed by atoms with Crippen molar-refractivity contribution in [3.05, 3.63) is 81.6 Å². The number of hydrogen-bond donors (Lipinski definition) is 0. The van der Waals surface area contributed by atoms with Crippen molar-refractivity contribution < 1.29 is 18.8 Å². The molecule has 0 aromatic heterocycles. The van der Waals surface area contributed by atoms with Crippen LogP contribution in [0.25, 0.3) is 6.08 Å². The number of benzene rings is 2. The fourth-order valence-corrected chi connectivity index (χ4v) is 6.49. The monoisotopic (exact) mass is 481 g/mol. The van der Waals surface area contributed by atoms with Crippen molar-refractivity contribution in [1.82, 2.24) is 0 Å². The van der Waals surface area contributed by atoms with Crippen LogP contribution in [0.3, 0.4) is 0 Å². The van der Waals surface area contributed by atoms with Gasteiger partial charge in [0.2, 0.25) is 11.8 Å². The predicted octanol–water partition coefficient (Wildman–Crippen LogP) is 5.59. The van der Waals surface area contributed by atoms with E-state index in [4.69, 9.17) is 23.2 Å². The Morgan fingerprint density at radius 3 is 2.12 bits per heavy atom. The van der Waals surface area contributed by atoms with E-state index in [1.165, 1.54) is 42.5 Å². The van der Waals surface area contributed by atoms with Crippen LogP contribution in [0.1, 0.15) is 22.3 Å². The first kappa shape index (κ1) is 20.8. The highest BCUT2D eigenvalue weighted by Gasteiger charge is 2.67. The zero-order valence-corrected chi connectivity index (χ0v) is 18.8. The van der Waals surface area contributed by atoms with Gasteiger partial charge in [0, 0.05) is 15.6 Å². The van der Waals surface area contributed by atoms with E-state index in [2.05, 4.69) is 12.2 Å². The lowest BCUT2D eigenvalue weighted by Gasteiger charge is -2.37. The van der Waals surface area contributed by atoms with Crippen LogP contribution in [0, 0.1) is 41.3 Å². The summed E-state index contributed by atoms with van der Waals surface area (Å²) >= 11 is 11.9. The summed E-state index contributed by atoms with van der Waals surface area (Å²) in [7, 11) is 0. The molecule has 4 aliphatic carbocycles. The van der Waals surface area contributed by atoms with Crippen LogP contribution in [0.5, 0.6) is 0 Å². The summed E-state index contributed by atoms with van der Waals surface area (Å²) in [5, 5.41) is 0.687. The van der Waals surface area contributed by atoms with Gasteiger partial charge < -0.3 is 0 Å². The average Bonchev–Trinajstić information content (AvgIpc) is 3.56. The fraction of sp³-hybridized carbons (Fsp3) is 0.269. The second kappa shape index (κ2) is 7.37. The number of nitrogens with zero attached hydrogens (tertiary/aromatic N) is 1. The van der Waals surface area contributed by atoms with Crippen molar-refractivity contribution in [2.75, 3.05) is 4.90 Å². The number of rotatable bonds is 4.